The van der Waals surface area contributed by atoms with Crippen LogP contribution >= 0.6 is 0 Å². The number of aromatic amines is 1. The van der Waals surface area contributed by atoms with Crippen LogP contribution in [0.25, 0.3) is 10.9 Å². The first kappa shape index (κ1) is 53.9. The number of aliphatic hydroxyl groups is 1. The van der Waals surface area contributed by atoms with Crippen LogP contribution in [0, 0.1) is 30.1 Å². The number of hydrogen-bond donors (Lipinski definition) is 2. The Morgan fingerprint density at radius 2 is 1.60 bits per heavy atom. The van der Waals surface area contributed by atoms with E-state index in [0.29, 0.717) is 74.7 Å². The molecule has 2 saturated carbocycles. The summed E-state index contributed by atoms with van der Waals surface area (Å²) in [5.41, 5.74) is 0.771. The van der Waals surface area contributed by atoms with Crippen molar-refractivity contribution < 1.29 is 51.0 Å². The number of aromatic nitrogens is 1. The van der Waals surface area contributed by atoms with Crippen LogP contribution in [0.15, 0.2) is 108 Å². The van der Waals surface area contributed by atoms with Crippen molar-refractivity contribution in [3.63, 3.8) is 0 Å². The molecule has 2 N–H and O–H groups in total. The molecule has 0 amide bonds. The van der Waals surface area contributed by atoms with E-state index in [-0.39, 0.29) is 41.7 Å². The molecule has 0 unspecified atom stereocenters. The Bertz CT molecular complexity index is 3260. The summed E-state index contributed by atoms with van der Waals surface area (Å²) in [7, 11) is 2.06. The van der Waals surface area contributed by atoms with Crippen molar-refractivity contribution >= 4 is 44.6 Å². The number of likely N-dealkylation sites (N-methyl/N-ethyl adjacent to an activating group) is 1. The van der Waals surface area contributed by atoms with Gasteiger partial charge in [0, 0.05) is 90.9 Å². The number of H-pyrrole nitrogens is 1. The Labute approximate surface area is 458 Å². The minimum atomic E-state index is -4.10. The van der Waals surface area contributed by atoms with Crippen molar-refractivity contribution in [3.05, 3.63) is 137 Å². The van der Waals surface area contributed by atoms with Crippen molar-refractivity contribution in [1.82, 2.24) is 14.8 Å². The molecule has 1 aromatic heterocycles. The second-order valence-electron chi connectivity index (χ2n) is 23.1. The molecule has 3 fully saturated rings. The minimum Gasteiger partial charge on any atom is -0.496 e. The maximum absolute atomic E-state index is 16.2. The number of rotatable bonds is 13. The monoisotopic (exact) mass is 1080 g/mol. The van der Waals surface area contributed by atoms with E-state index < -0.39 is 62.0 Å². The van der Waals surface area contributed by atoms with E-state index in [9.17, 15) is 23.1 Å². The molecule has 1 spiro atoms. The maximum atomic E-state index is 16.2. The van der Waals surface area contributed by atoms with Gasteiger partial charge in [0.2, 0.25) is 5.60 Å². The fraction of sp³-hybridized carbons (Fsp3) is 0.500. The summed E-state index contributed by atoms with van der Waals surface area (Å²) in [6.07, 6.45) is 7.91. The molecule has 16 heteroatoms. The van der Waals surface area contributed by atoms with E-state index in [2.05, 4.69) is 63.3 Å². The smallest absolute Gasteiger partial charge is 0.344 e. The standard InChI is InChI=1S/C62H74N4O11S/c1-8-59-28-16-30-66-32-29-60(54(59)66)48-33-49(52(73-5)34-51(48)64(4)55(60)62(70,58(69)75-7)56(59)77-40(3)67)61(57(68)74-6)35-43(45-20-13-12-19-42(45)38-76-78(71,72)44-25-23-39(2)24-26-44)37-65(36-41-17-10-9-11-18-41)31-27-47-46-21-14-15-22-50(46)63-53(47)61/h9-11,14-18,21-26,28,33-34,42-43,45,54-56,63,70H,8,12-13,19-20,27,29-32,35-38H2,1-7H3/t42-,43-,45-,54-,55+,56+,59+,60+,61+,62-/m0/s1. The third-order valence-corrected chi connectivity index (χ3v) is 20.6. The summed E-state index contributed by atoms with van der Waals surface area (Å²) < 4.78 is 58.6. The molecule has 0 bridgehead atoms. The summed E-state index contributed by atoms with van der Waals surface area (Å²) in [5, 5.41) is 14.6. The summed E-state index contributed by atoms with van der Waals surface area (Å²) in [5.74, 6) is -2.11. The second-order valence-corrected chi connectivity index (χ2v) is 24.7. The number of para-hydroxylation sites is 1. The van der Waals surface area contributed by atoms with Gasteiger partial charge in [0.05, 0.1) is 38.9 Å². The van der Waals surface area contributed by atoms with E-state index in [1.807, 2.05) is 56.1 Å². The molecule has 4 aliphatic heterocycles. The van der Waals surface area contributed by atoms with E-state index in [1.165, 1.54) is 21.1 Å². The summed E-state index contributed by atoms with van der Waals surface area (Å²) in [4.78, 5) is 55.0. The number of benzene rings is 4. The summed E-state index contributed by atoms with van der Waals surface area (Å²) in [6.45, 7) is 8.33. The van der Waals surface area contributed by atoms with Crippen LogP contribution in [-0.4, -0.2) is 131 Å². The van der Waals surface area contributed by atoms with Crippen LogP contribution in [0.5, 0.6) is 5.75 Å². The molecule has 1 saturated heterocycles. The number of ether oxygens (including phenoxy) is 4. The highest BCUT2D eigenvalue weighted by Crippen LogP contribution is 2.68. The number of esters is 3. The van der Waals surface area contributed by atoms with E-state index in [1.54, 1.807) is 31.4 Å². The van der Waals surface area contributed by atoms with Gasteiger partial charge in [-0.15, -0.1) is 0 Å². The second kappa shape index (κ2) is 20.6. The van der Waals surface area contributed by atoms with Crippen molar-refractivity contribution in [2.24, 2.45) is 23.2 Å². The number of anilines is 1. The van der Waals surface area contributed by atoms with Crippen molar-refractivity contribution in [2.45, 2.75) is 118 Å². The molecule has 2 aliphatic carbocycles. The quantitative estimate of drug-likeness (QED) is 0.0500. The van der Waals surface area contributed by atoms with Gasteiger partial charge < -0.3 is 33.9 Å². The van der Waals surface area contributed by atoms with Crippen molar-refractivity contribution in [1.29, 1.82) is 0 Å². The predicted molar refractivity (Wildman–Crippen MR) is 296 cm³/mol. The number of methoxy groups -OCH3 is 3. The lowest BCUT2D eigenvalue weighted by molar-refractivity contribution is -0.228. The highest BCUT2D eigenvalue weighted by molar-refractivity contribution is 7.86. The van der Waals surface area contributed by atoms with Gasteiger partial charge >= 0.3 is 17.9 Å². The van der Waals surface area contributed by atoms with E-state index >= 15 is 4.79 Å². The molecule has 78 heavy (non-hydrogen) atoms. The van der Waals surface area contributed by atoms with Crippen LogP contribution in [0.2, 0.25) is 0 Å². The first-order chi connectivity index (χ1) is 37.5. The zero-order valence-electron chi connectivity index (χ0n) is 46.0. The fourth-order valence-electron chi connectivity index (χ4n) is 16.2. The largest absolute Gasteiger partial charge is 0.496 e. The number of hydrogen-bond acceptors (Lipinski definition) is 14. The first-order valence-electron chi connectivity index (χ1n) is 27.8. The lowest BCUT2D eigenvalue weighted by atomic mass is 9.47. The number of aryl methyl sites for hydroxylation is 1. The third kappa shape index (κ3) is 8.32. The molecule has 0 radical (unpaired) electrons. The molecule has 4 aromatic carbocycles. The first-order valence-corrected chi connectivity index (χ1v) is 29.2. The molecule has 414 valence electrons. The van der Waals surface area contributed by atoms with Gasteiger partial charge in [0.25, 0.3) is 10.1 Å². The zero-order valence-corrected chi connectivity index (χ0v) is 46.8. The number of fused-ring (bicyclic) bond motifs is 4. The Kier molecular flexibility index (Phi) is 14.2. The van der Waals surface area contributed by atoms with Gasteiger partial charge in [-0.25, -0.2) is 4.79 Å². The maximum Gasteiger partial charge on any atom is 0.344 e. The average Bonchev–Trinajstić information content (AvgIpc) is 2.28. The van der Waals surface area contributed by atoms with Crippen LogP contribution in [0.3, 0.4) is 0 Å². The average molecular weight is 1080 g/mol. The molecule has 10 atom stereocenters. The molecular weight excluding hydrogens is 1010 g/mol. The van der Waals surface area contributed by atoms with Gasteiger partial charge in [0.1, 0.15) is 11.2 Å². The van der Waals surface area contributed by atoms with Crippen molar-refractivity contribution in [3.8, 4) is 5.75 Å². The number of nitrogens with one attached hydrogen (secondary N) is 1. The van der Waals surface area contributed by atoms with Crippen LogP contribution in [0.1, 0.15) is 92.3 Å². The fourth-order valence-corrected chi connectivity index (χ4v) is 17.1. The topological polar surface area (TPSA) is 177 Å². The van der Waals surface area contributed by atoms with Crippen LogP contribution in [0.4, 0.5) is 5.69 Å². The van der Waals surface area contributed by atoms with Gasteiger partial charge in [-0.2, -0.15) is 8.42 Å². The molecule has 15 nitrogen and oxygen atoms in total. The normalized spacial score (nSPS) is 30.7. The number of carbonyl (C=O) groups excluding carboxylic acids is 3. The summed E-state index contributed by atoms with van der Waals surface area (Å²) >= 11 is 0. The van der Waals surface area contributed by atoms with Crippen LogP contribution in [-0.2, 0) is 66.7 Å². The van der Waals surface area contributed by atoms with Crippen molar-refractivity contribution in [2.75, 3.05) is 66.1 Å². The Morgan fingerprint density at radius 1 is 0.872 bits per heavy atom. The predicted octanol–water partition coefficient (Wildman–Crippen LogP) is 8.17. The Hall–Kier alpha value is -6.04. The zero-order chi connectivity index (χ0) is 54.9. The van der Waals surface area contributed by atoms with Gasteiger partial charge in [-0.1, -0.05) is 98.1 Å². The van der Waals surface area contributed by atoms with Gasteiger partial charge in [-0.3, -0.25) is 23.6 Å². The lowest BCUT2D eigenvalue weighted by Gasteiger charge is -2.63. The Balaban J connectivity index is 1.15. The highest BCUT2D eigenvalue weighted by atomic mass is 32.2. The SMILES string of the molecule is CC[C@]12C=CCN3CC[C@@]4(c5cc([C@]6(C(=O)OC)C[C@H]([C@H]7CCCC[C@H]7COS(=O)(=O)c7ccc(C)cc7)CN(Cc7ccccc7)CCc7c6[nH]c6ccccc76)c(OC)cc5N(C)[C@H]4[C@@](O)(C(=O)OC)[C@@H]1OC(C)=O)[C@@H]32. The molecule has 5 aromatic rings. The molecule has 5 heterocycles. The third-order valence-electron chi connectivity index (χ3n) is 19.3. The number of carbonyl (C=O) groups is 3. The number of nitrogens with zero attached hydrogens (tertiary/aromatic N) is 3. The Morgan fingerprint density at radius 3 is 2.32 bits per heavy atom. The molecule has 11 rings (SSSR count). The molecule has 6 aliphatic rings. The van der Waals surface area contributed by atoms with Crippen LogP contribution < -0.4 is 9.64 Å². The van der Waals surface area contributed by atoms with E-state index in [0.717, 1.165) is 58.8 Å². The highest BCUT2D eigenvalue weighted by Gasteiger charge is 2.80. The van der Waals surface area contributed by atoms with Gasteiger partial charge in [0.15, 0.2) is 6.10 Å². The minimum absolute atomic E-state index is 0.0136. The van der Waals surface area contributed by atoms with Gasteiger partial charge in [-0.05, 0) is 111 Å². The lowest BCUT2D eigenvalue weighted by Crippen LogP contribution is -2.81. The van der Waals surface area contributed by atoms with E-state index in [4.69, 9.17) is 23.1 Å². The summed E-state index contributed by atoms with van der Waals surface area (Å²) in [6, 6.07) is 28.0. The molecular formula is C62H74N4O11S.